The Morgan fingerprint density at radius 2 is 1.70 bits per heavy atom. The molecule has 5 heteroatoms. The number of non-ortho nitro benzene ring substituents is 1. The second-order valence-electron chi connectivity index (χ2n) is 6.22. The van der Waals surface area contributed by atoms with Gasteiger partial charge in [-0.1, -0.05) is 12.1 Å². The Labute approximate surface area is 156 Å². The van der Waals surface area contributed by atoms with Crippen molar-refractivity contribution in [3.8, 4) is 11.3 Å². The normalized spacial score (nSPS) is 11.3. The van der Waals surface area contributed by atoms with Crippen molar-refractivity contribution in [2.45, 2.75) is 0 Å². The molecule has 2 aromatic heterocycles. The van der Waals surface area contributed by atoms with E-state index in [0.717, 1.165) is 22.5 Å². The van der Waals surface area contributed by atoms with Gasteiger partial charge in [-0.05, 0) is 42.5 Å². The summed E-state index contributed by atoms with van der Waals surface area (Å²) >= 11 is 0. The topological polar surface area (TPSA) is 60.2 Å². The van der Waals surface area contributed by atoms with Gasteiger partial charge in [-0.2, -0.15) is 4.57 Å². The molecule has 0 aliphatic heterocycles. The van der Waals surface area contributed by atoms with E-state index in [4.69, 9.17) is 4.42 Å². The molecule has 0 saturated carbocycles. The first-order valence-corrected chi connectivity index (χ1v) is 8.52. The maximum absolute atomic E-state index is 10.8. The minimum atomic E-state index is -0.413. The summed E-state index contributed by atoms with van der Waals surface area (Å²) in [5.74, 6) is 1.39. The fourth-order valence-electron chi connectivity index (χ4n) is 3.04. The smallest absolute Gasteiger partial charge is 0.269 e. The Morgan fingerprint density at radius 1 is 0.926 bits per heavy atom. The van der Waals surface area contributed by atoms with Gasteiger partial charge in [0.15, 0.2) is 0 Å². The SMILES string of the molecule is C[n+]1c(/C=C/c2ccc(-c3ccc([N+](=O)[O-])cc3)o2)ccc2ccccc21. The third-order valence-electron chi connectivity index (χ3n) is 4.53. The number of nitrogens with zero attached hydrogens (tertiary/aromatic N) is 2. The van der Waals surface area contributed by atoms with Crippen LogP contribution in [-0.4, -0.2) is 4.92 Å². The minimum absolute atomic E-state index is 0.0641. The molecule has 0 aliphatic carbocycles. The number of aryl methyl sites for hydroxylation is 1. The van der Waals surface area contributed by atoms with Crippen LogP contribution in [0.25, 0.3) is 34.4 Å². The van der Waals surface area contributed by atoms with Crippen LogP contribution >= 0.6 is 0 Å². The van der Waals surface area contributed by atoms with E-state index in [1.54, 1.807) is 12.1 Å². The van der Waals surface area contributed by atoms with Crippen molar-refractivity contribution < 1.29 is 13.9 Å². The van der Waals surface area contributed by atoms with Crippen LogP contribution < -0.4 is 4.57 Å². The van der Waals surface area contributed by atoms with Crippen LogP contribution in [0.5, 0.6) is 0 Å². The maximum atomic E-state index is 10.8. The molecule has 0 aliphatic rings. The van der Waals surface area contributed by atoms with E-state index in [1.807, 2.05) is 43.5 Å². The number of hydrogen-bond acceptors (Lipinski definition) is 3. The second kappa shape index (κ2) is 6.88. The molecule has 0 N–H and O–H groups in total. The highest BCUT2D eigenvalue weighted by atomic mass is 16.6. The van der Waals surface area contributed by atoms with E-state index < -0.39 is 4.92 Å². The summed E-state index contributed by atoms with van der Waals surface area (Å²) in [6.45, 7) is 0. The van der Waals surface area contributed by atoms with Crippen molar-refractivity contribution in [1.29, 1.82) is 0 Å². The molecular weight excluding hydrogens is 340 g/mol. The van der Waals surface area contributed by atoms with E-state index in [1.165, 1.54) is 17.5 Å². The lowest BCUT2D eigenvalue weighted by atomic mass is 10.1. The number of fused-ring (bicyclic) bond motifs is 1. The maximum Gasteiger partial charge on any atom is 0.269 e. The average Bonchev–Trinajstić information content (AvgIpc) is 3.17. The molecule has 0 bridgehead atoms. The number of nitro benzene ring substituents is 1. The van der Waals surface area contributed by atoms with Crippen LogP contribution in [0.15, 0.2) is 77.2 Å². The predicted molar refractivity (Wildman–Crippen MR) is 105 cm³/mol. The zero-order valence-electron chi connectivity index (χ0n) is 14.7. The van der Waals surface area contributed by atoms with Crippen LogP contribution in [0.2, 0.25) is 0 Å². The van der Waals surface area contributed by atoms with E-state index >= 15 is 0 Å². The number of nitro groups is 1. The predicted octanol–water partition coefficient (Wildman–Crippen LogP) is 5.00. The highest BCUT2D eigenvalue weighted by molar-refractivity contribution is 5.77. The van der Waals surface area contributed by atoms with Gasteiger partial charge in [0.25, 0.3) is 5.69 Å². The van der Waals surface area contributed by atoms with Crippen LogP contribution in [0, 0.1) is 10.1 Å². The summed E-state index contributed by atoms with van der Waals surface area (Å²) < 4.78 is 7.98. The second-order valence-corrected chi connectivity index (χ2v) is 6.22. The Balaban J connectivity index is 1.59. The standard InChI is InChI=1S/C22H17N2O3/c1-23-18(9-6-16-4-2-3-5-21(16)23)12-13-20-14-15-22(27-20)17-7-10-19(11-8-17)24(25)26/h2-15H,1H3/q+1/b13-12+. The van der Waals surface area contributed by atoms with Crippen LogP contribution in [0.3, 0.4) is 0 Å². The molecule has 0 unspecified atom stereocenters. The van der Waals surface area contributed by atoms with Crippen LogP contribution in [-0.2, 0) is 7.05 Å². The lowest BCUT2D eigenvalue weighted by Gasteiger charge is -1.99. The molecule has 2 heterocycles. The zero-order chi connectivity index (χ0) is 18.8. The number of aromatic nitrogens is 1. The molecule has 0 saturated heterocycles. The molecule has 0 atom stereocenters. The Kier molecular flexibility index (Phi) is 4.26. The van der Waals surface area contributed by atoms with Gasteiger partial charge < -0.3 is 4.42 Å². The van der Waals surface area contributed by atoms with E-state index in [0.29, 0.717) is 5.76 Å². The summed E-state index contributed by atoms with van der Waals surface area (Å²) in [6.07, 6.45) is 3.92. The molecule has 0 fully saturated rings. The summed E-state index contributed by atoms with van der Waals surface area (Å²) in [5, 5.41) is 11.9. The largest absolute Gasteiger partial charge is 0.457 e. The number of rotatable bonds is 4. The van der Waals surface area contributed by atoms with Crippen molar-refractivity contribution in [2.75, 3.05) is 0 Å². The van der Waals surface area contributed by atoms with Gasteiger partial charge in [0, 0.05) is 41.3 Å². The highest BCUT2D eigenvalue weighted by Crippen LogP contribution is 2.25. The first-order valence-electron chi connectivity index (χ1n) is 8.52. The summed E-state index contributed by atoms with van der Waals surface area (Å²) in [5.41, 5.74) is 3.08. The average molecular weight is 357 g/mol. The van der Waals surface area contributed by atoms with E-state index in [9.17, 15) is 10.1 Å². The van der Waals surface area contributed by atoms with Gasteiger partial charge in [-0.25, -0.2) is 0 Å². The van der Waals surface area contributed by atoms with Gasteiger partial charge >= 0.3 is 0 Å². The molecular formula is C22H17N2O3+. The summed E-state index contributed by atoms with van der Waals surface area (Å²) in [4.78, 5) is 10.3. The third-order valence-corrected chi connectivity index (χ3v) is 4.53. The number of pyridine rings is 1. The van der Waals surface area contributed by atoms with Crippen molar-refractivity contribution in [2.24, 2.45) is 7.05 Å². The first-order chi connectivity index (χ1) is 13.1. The first kappa shape index (κ1) is 16.7. The fourth-order valence-corrected chi connectivity index (χ4v) is 3.04. The molecule has 0 radical (unpaired) electrons. The molecule has 2 aromatic carbocycles. The summed E-state index contributed by atoms with van der Waals surface area (Å²) in [6, 6.07) is 22.5. The van der Waals surface area contributed by atoms with E-state index in [-0.39, 0.29) is 5.69 Å². The van der Waals surface area contributed by atoms with Crippen LogP contribution in [0.4, 0.5) is 5.69 Å². The van der Waals surface area contributed by atoms with Crippen molar-refractivity contribution in [3.63, 3.8) is 0 Å². The number of hydrogen-bond donors (Lipinski definition) is 0. The van der Waals surface area contributed by atoms with Gasteiger partial charge in [0.1, 0.15) is 18.6 Å². The van der Waals surface area contributed by atoms with Gasteiger partial charge in [0.05, 0.1) is 4.92 Å². The summed E-state index contributed by atoms with van der Waals surface area (Å²) in [7, 11) is 2.03. The zero-order valence-corrected chi connectivity index (χ0v) is 14.7. The molecule has 4 aromatic rings. The van der Waals surface area contributed by atoms with Gasteiger partial charge in [-0.3, -0.25) is 10.1 Å². The number of para-hydroxylation sites is 1. The van der Waals surface area contributed by atoms with Crippen LogP contribution in [0.1, 0.15) is 11.5 Å². The molecule has 4 rings (SSSR count). The lowest BCUT2D eigenvalue weighted by molar-refractivity contribution is -0.646. The van der Waals surface area contributed by atoms with Crippen molar-refractivity contribution in [3.05, 3.63) is 94.4 Å². The monoisotopic (exact) mass is 357 g/mol. The number of benzene rings is 2. The van der Waals surface area contributed by atoms with Crippen molar-refractivity contribution >= 4 is 28.7 Å². The minimum Gasteiger partial charge on any atom is -0.457 e. The Hall–Kier alpha value is -3.73. The van der Waals surface area contributed by atoms with Gasteiger partial charge in [0.2, 0.25) is 11.2 Å². The molecule has 27 heavy (non-hydrogen) atoms. The lowest BCUT2D eigenvalue weighted by Crippen LogP contribution is -2.32. The Morgan fingerprint density at radius 3 is 2.48 bits per heavy atom. The third kappa shape index (κ3) is 3.35. The fraction of sp³-hybridized carbons (Fsp3) is 0.0455. The van der Waals surface area contributed by atoms with E-state index in [2.05, 4.69) is 28.8 Å². The number of furan rings is 1. The molecule has 5 nitrogen and oxygen atoms in total. The Bertz CT molecular complexity index is 1160. The molecule has 0 amide bonds. The highest BCUT2D eigenvalue weighted by Gasteiger charge is 2.10. The molecule has 0 spiro atoms. The quantitative estimate of drug-likeness (QED) is 0.293. The molecule has 132 valence electrons. The van der Waals surface area contributed by atoms with Crippen molar-refractivity contribution in [1.82, 2.24) is 0 Å². The van der Waals surface area contributed by atoms with Gasteiger partial charge in [-0.15, -0.1) is 0 Å².